The molecule has 0 radical (unpaired) electrons. The Labute approximate surface area is 201 Å². The number of benzene rings is 2. The van der Waals surface area contributed by atoms with Gasteiger partial charge in [-0.25, -0.2) is 0 Å². The van der Waals surface area contributed by atoms with Gasteiger partial charge in [0.05, 0.1) is 20.2 Å². The van der Waals surface area contributed by atoms with E-state index in [4.69, 9.17) is 15.6 Å². The topological polar surface area (TPSA) is 80.0 Å². The van der Waals surface area contributed by atoms with Crippen molar-refractivity contribution in [3.63, 3.8) is 0 Å². The summed E-state index contributed by atoms with van der Waals surface area (Å²) in [4.78, 5) is 26.0. The molecule has 34 heavy (non-hydrogen) atoms. The Kier molecular flexibility index (Phi) is 6.94. The summed E-state index contributed by atoms with van der Waals surface area (Å²) in [5.74, 6) is 0.480. The van der Waals surface area contributed by atoms with Crippen LogP contribution in [0.25, 0.3) is 11.3 Å². The fourth-order valence-corrected chi connectivity index (χ4v) is 4.19. The minimum absolute atomic E-state index is 0.203. The van der Waals surface area contributed by atoms with Gasteiger partial charge in [0, 0.05) is 29.3 Å². The highest BCUT2D eigenvalue weighted by Gasteiger charge is 2.34. The van der Waals surface area contributed by atoms with Crippen LogP contribution >= 0.6 is 0 Å². The average molecular weight is 463 g/mol. The summed E-state index contributed by atoms with van der Waals surface area (Å²) >= 11 is 0. The summed E-state index contributed by atoms with van der Waals surface area (Å²) in [5.41, 5.74) is 2.01. The lowest BCUT2D eigenvalue weighted by atomic mass is 9.73. The predicted octanol–water partition coefficient (Wildman–Crippen LogP) is 5.88. The van der Waals surface area contributed by atoms with Crippen LogP contribution in [0.15, 0.2) is 71.3 Å². The first-order valence-electron chi connectivity index (χ1n) is 12.3. The van der Waals surface area contributed by atoms with Crippen molar-refractivity contribution >= 4 is 11.9 Å². The first kappa shape index (κ1) is 22.3. The van der Waals surface area contributed by atoms with Crippen molar-refractivity contribution in [2.45, 2.75) is 45.7 Å². The highest BCUT2D eigenvalue weighted by Crippen LogP contribution is 2.36. The molecular formula is C28H31NO5. The van der Waals surface area contributed by atoms with Gasteiger partial charge in [-0.05, 0) is 69.4 Å². The van der Waals surface area contributed by atoms with E-state index >= 15 is 0 Å². The van der Waals surface area contributed by atoms with Gasteiger partial charge in [0.15, 0.2) is 0 Å². The molecule has 2 aromatic carbocycles. The number of carbonyl (C=O) groups is 2. The highest BCUT2D eigenvalue weighted by molar-refractivity contribution is 5.94. The molecule has 1 saturated carbocycles. The second kappa shape index (κ2) is 10.6. The fourth-order valence-electron chi connectivity index (χ4n) is 4.19. The van der Waals surface area contributed by atoms with Crippen LogP contribution in [0.3, 0.4) is 0 Å². The van der Waals surface area contributed by atoms with Gasteiger partial charge in [-0.1, -0.05) is 30.3 Å². The van der Waals surface area contributed by atoms with Crippen LogP contribution in [0, 0.1) is 11.8 Å². The van der Waals surface area contributed by atoms with Gasteiger partial charge in [-0.15, -0.1) is 0 Å². The van der Waals surface area contributed by atoms with Crippen molar-refractivity contribution in [3.05, 3.63) is 78.1 Å². The summed E-state index contributed by atoms with van der Waals surface area (Å²) in [5, 5.41) is 9.04. The van der Waals surface area contributed by atoms with E-state index in [0.717, 1.165) is 17.7 Å². The zero-order valence-electron chi connectivity index (χ0n) is 20.5. The molecular weight excluding hydrogens is 430 g/mol. The quantitative estimate of drug-likeness (QED) is 0.407. The minimum atomic E-state index is -0.941. The number of amides is 1. The van der Waals surface area contributed by atoms with Crippen LogP contribution in [0.1, 0.15) is 50.4 Å². The van der Waals surface area contributed by atoms with Gasteiger partial charge < -0.3 is 19.2 Å². The molecule has 1 amide bonds. The maximum atomic E-state index is 13.4. The lowest BCUT2D eigenvalue weighted by Crippen LogP contribution is -2.36. The van der Waals surface area contributed by atoms with Gasteiger partial charge in [-0.3, -0.25) is 9.59 Å². The molecule has 4 rings (SSSR count). The second-order valence-corrected chi connectivity index (χ2v) is 9.04. The van der Waals surface area contributed by atoms with Crippen molar-refractivity contribution in [3.8, 4) is 17.1 Å². The smallest absolute Gasteiger partial charge is 0.306 e. The number of hydrogen-bond donors (Lipinski definition) is 1. The molecule has 3 aromatic rings. The number of rotatable bonds is 10. The molecule has 1 aromatic heterocycles. The van der Waals surface area contributed by atoms with Gasteiger partial charge in [0.2, 0.25) is 0 Å². The van der Waals surface area contributed by atoms with E-state index in [2.05, 4.69) is 0 Å². The molecule has 1 N–H and O–H groups in total. The van der Waals surface area contributed by atoms with E-state index in [-0.39, 0.29) is 17.9 Å². The third-order valence-corrected chi connectivity index (χ3v) is 6.29. The number of furan rings is 1. The van der Waals surface area contributed by atoms with Crippen molar-refractivity contribution in [2.75, 3.05) is 6.61 Å². The van der Waals surface area contributed by atoms with Gasteiger partial charge >= 0.3 is 5.97 Å². The van der Waals surface area contributed by atoms with E-state index < -0.39 is 12.5 Å². The molecule has 1 atom stereocenters. The second-order valence-electron chi connectivity index (χ2n) is 9.04. The van der Waals surface area contributed by atoms with Crippen LogP contribution in [0.5, 0.6) is 5.75 Å². The molecule has 0 saturated heterocycles. The first-order valence-corrected chi connectivity index (χ1v) is 11.7. The first-order chi connectivity index (χ1) is 16.8. The maximum absolute atomic E-state index is 13.4. The van der Waals surface area contributed by atoms with Crippen molar-refractivity contribution < 1.29 is 25.2 Å². The van der Waals surface area contributed by atoms with E-state index in [9.17, 15) is 9.59 Å². The summed E-state index contributed by atoms with van der Waals surface area (Å²) < 4.78 is 20.4. The van der Waals surface area contributed by atoms with E-state index in [0.29, 0.717) is 42.2 Å². The van der Waals surface area contributed by atoms with Crippen LogP contribution < -0.4 is 4.74 Å². The number of ether oxygens (including phenoxy) is 1. The van der Waals surface area contributed by atoms with Gasteiger partial charge in [0.1, 0.15) is 11.5 Å². The molecule has 1 unspecified atom stereocenters. The lowest BCUT2D eigenvalue weighted by molar-refractivity contribution is -0.146. The molecule has 178 valence electrons. The molecule has 0 bridgehead atoms. The Morgan fingerprint density at radius 2 is 1.85 bits per heavy atom. The van der Waals surface area contributed by atoms with Gasteiger partial charge in [-0.2, -0.15) is 0 Å². The number of aliphatic carboxylic acids is 1. The Morgan fingerprint density at radius 1 is 1.12 bits per heavy atom. The van der Waals surface area contributed by atoms with Crippen LogP contribution in [0.2, 0.25) is 0 Å². The number of hydrogen-bond acceptors (Lipinski definition) is 4. The average Bonchev–Trinajstić information content (AvgIpc) is 3.35. The third kappa shape index (κ3) is 5.50. The Morgan fingerprint density at radius 3 is 2.50 bits per heavy atom. The predicted molar refractivity (Wildman–Crippen MR) is 130 cm³/mol. The molecule has 1 fully saturated rings. The summed E-state index contributed by atoms with van der Waals surface area (Å²) in [6.45, 7) is 3.30. The van der Waals surface area contributed by atoms with Crippen molar-refractivity contribution in [1.82, 2.24) is 4.90 Å². The Hall–Kier alpha value is -3.54. The highest BCUT2D eigenvalue weighted by atomic mass is 16.5. The number of carboxylic acid groups (broad SMARTS) is 1. The van der Waals surface area contributed by atoms with E-state index in [1.165, 1.54) is 0 Å². The number of nitrogens with zero attached hydrogens (tertiary/aromatic N) is 1. The molecule has 6 heteroatoms. The van der Waals surface area contributed by atoms with Crippen LogP contribution in [-0.4, -0.2) is 34.5 Å². The molecule has 1 aliphatic carbocycles. The van der Waals surface area contributed by atoms with Crippen LogP contribution in [-0.2, 0) is 11.3 Å². The number of carbonyl (C=O) groups excluding carboxylic acids is 1. The van der Waals surface area contributed by atoms with E-state index in [1.807, 2.05) is 62.4 Å². The standard InChI is InChI=1S/C28H31NO5/c1-19(2)29(27(30)22-11-9-21(10-12-22)25-8-5-14-33-25)18-23-6-3-4-7-26(23)34-15-13-20-16-24(17-20)28(31)32/h3-12,14,19-20,24H,13,15-18H2,1-2H3,(H,31,32)/i18D. The summed E-state index contributed by atoms with van der Waals surface area (Å²) in [7, 11) is 0. The van der Waals surface area contributed by atoms with Crippen molar-refractivity contribution in [1.29, 1.82) is 0 Å². The molecule has 0 aliphatic heterocycles. The molecule has 1 heterocycles. The molecule has 0 spiro atoms. The van der Waals surface area contributed by atoms with Crippen LogP contribution in [0.4, 0.5) is 0 Å². The SMILES string of the molecule is [2H]C(c1ccccc1OCCC1CC(C(=O)O)C1)N(C(=O)c1ccc(-c2ccco2)cc1)C(C)C. The largest absolute Gasteiger partial charge is 0.493 e. The Balaban J connectivity index is 1.45. The number of para-hydroxylation sites is 1. The van der Waals surface area contributed by atoms with Crippen molar-refractivity contribution in [2.24, 2.45) is 11.8 Å². The fraction of sp³-hybridized carbons (Fsp3) is 0.357. The minimum Gasteiger partial charge on any atom is -0.493 e. The molecule has 6 nitrogen and oxygen atoms in total. The zero-order valence-corrected chi connectivity index (χ0v) is 19.5. The summed E-state index contributed by atoms with van der Waals surface area (Å²) in [6, 6.07) is 18.0. The zero-order chi connectivity index (χ0) is 24.9. The normalized spacial score (nSPS) is 18.6. The van der Waals surface area contributed by atoms with E-state index in [1.54, 1.807) is 23.3 Å². The molecule has 1 aliphatic rings. The Bertz CT molecular complexity index is 1140. The maximum Gasteiger partial charge on any atom is 0.306 e. The summed E-state index contributed by atoms with van der Waals surface area (Å²) in [6.07, 6.45) is 3.76. The number of carboxylic acids is 1. The lowest BCUT2D eigenvalue weighted by Gasteiger charge is -2.32. The monoisotopic (exact) mass is 462 g/mol. The van der Waals surface area contributed by atoms with Gasteiger partial charge in [0.25, 0.3) is 5.91 Å². The third-order valence-electron chi connectivity index (χ3n) is 6.29.